The van der Waals surface area contributed by atoms with Crippen molar-refractivity contribution >= 4 is 31.4 Å². The topological polar surface area (TPSA) is 61.9 Å². The molecule has 0 spiro atoms. The molecule has 3 aromatic rings. The minimum atomic E-state index is -1.15. The Labute approximate surface area is 160 Å². The number of fused-ring (bicyclic) bond motifs is 1. The standard InChI is InChI=1S/C20H26N4O2Si/c1-23-19-17(24(20(23)25)15-26-12-13-27(2,3)4)14-21-18(22-19)11-10-16-8-6-5-7-9-16/h5-11,14H,12-13,15H2,1-4H3/b11-10+. The van der Waals surface area contributed by atoms with Crippen LogP contribution >= 0.6 is 0 Å². The zero-order valence-corrected chi connectivity index (χ0v) is 17.3. The molecule has 0 fully saturated rings. The quantitative estimate of drug-likeness (QED) is 0.463. The van der Waals surface area contributed by atoms with Gasteiger partial charge in [0, 0.05) is 21.7 Å². The molecule has 2 aromatic heterocycles. The Morgan fingerprint density at radius 3 is 2.59 bits per heavy atom. The molecule has 2 heterocycles. The normalized spacial score (nSPS) is 12.3. The van der Waals surface area contributed by atoms with E-state index in [1.165, 1.54) is 0 Å². The molecule has 0 aliphatic heterocycles. The lowest BCUT2D eigenvalue weighted by molar-refractivity contribution is 0.0873. The molecule has 142 valence electrons. The first-order valence-electron chi connectivity index (χ1n) is 9.08. The smallest absolute Gasteiger partial charge is 0.332 e. The van der Waals surface area contributed by atoms with Crippen molar-refractivity contribution in [2.45, 2.75) is 32.4 Å². The molecule has 0 aliphatic carbocycles. The second kappa shape index (κ2) is 8.02. The number of benzene rings is 1. The van der Waals surface area contributed by atoms with Gasteiger partial charge in [-0.15, -0.1) is 0 Å². The summed E-state index contributed by atoms with van der Waals surface area (Å²) in [5.74, 6) is 0.568. The average Bonchev–Trinajstić information content (AvgIpc) is 2.88. The molecule has 0 atom stereocenters. The summed E-state index contributed by atoms with van der Waals surface area (Å²) < 4.78 is 8.88. The maximum atomic E-state index is 12.5. The number of hydrogen-bond donors (Lipinski definition) is 0. The molecule has 27 heavy (non-hydrogen) atoms. The molecule has 0 saturated heterocycles. The Morgan fingerprint density at radius 1 is 1.15 bits per heavy atom. The van der Waals surface area contributed by atoms with Crippen LogP contribution in [0.15, 0.2) is 41.3 Å². The molecular formula is C20H26N4O2Si. The first-order valence-corrected chi connectivity index (χ1v) is 12.8. The third-order valence-electron chi connectivity index (χ3n) is 4.34. The lowest BCUT2D eigenvalue weighted by Crippen LogP contribution is -2.25. The van der Waals surface area contributed by atoms with Crippen molar-refractivity contribution in [3.05, 3.63) is 58.4 Å². The maximum absolute atomic E-state index is 12.5. The largest absolute Gasteiger partial charge is 0.361 e. The highest BCUT2D eigenvalue weighted by Gasteiger charge is 2.15. The Morgan fingerprint density at radius 2 is 1.89 bits per heavy atom. The van der Waals surface area contributed by atoms with Gasteiger partial charge in [-0.3, -0.25) is 9.13 Å². The Kier molecular flexibility index (Phi) is 5.72. The molecule has 6 nitrogen and oxygen atoms in total. The molecule has 1 aromatic carbocycles. The second-order valence-corrected chi connectivity index (χ2v) is 13.4. The Hall–Kier alpha value is -2.51. The van der Waals surface area contributed by atoms with Gasteiger partial charge in [-0.1, -0.05) is 56.0 Å². The van der Waals surface area contributed by atoms with Crippen LogP contribution in [-0.2, 0) is 18.5 Å². The van der Waals surface area contributed by atoms with Crippen molar-refractivity contribution in [1.29, 1.82) is 0 Å². The second-order valence-electron chi connectivity index (χ2n) is 7.80. The van der Waals surface area contributed by atoms with Crippen LogP contribution in [0.4, 0.5) is 0 Å². The van der Waals surface area contributed by atoms with E-state index in [2.05, 4.69) is 29.6 Å². The van der Waals surface area contributed by atoms with Crippen molar-refractivity contribution < 1.29 is 4.74 Å². The number of hydrogen-bond acceptors (Lipinski definition) is 4. The number of imidazole rings is 1. The summed E-state index contributed by atoms with van der Waals surface area (Å²) in [5.41, 5.74) is 2.23. The maximum Gasteiger partial charge on any atom is 0.332 e. The summed E-state index contributed by atoms with van der Waals surface area (Å²) in [7, 11) is 0.571. The average molecular weight is 383 g/mol. The lowest BCUT2D eigenvalue weighted by Gasteiger charge is -2.15. The first kappa shape index (κ1) is 19.3. The van der Waals surface area contributed by atoms with E-state index in [-0.39, 0.29) is 12.4 Å². The van der Waals surface area contributed by atoms with E-state index in [9.17, 15) is 4.79 Å². The molecule has 0 amide bonds. The highest BCUT2D eigenvalue weighted by atomic mass is 28.3. The molecule has 0 bridgehead atoms. The summed E-state index contributed by atoms with van der Waals surface area (Å²) in [6.07, 6.45) is 5.49. The molecule has 3 rings (SSSR count). The van der Waals surface area contributed by atoms with E-state index in [1.54, 1.807) is 22.4 Å². The van der Waals surface area contributed by atoms with E-state index in [0.717, 1.165) is 11.6 Å². The van der Waals surface area contributed by atoms with Crippen molar-refractivity contribution in [3.8, 4) is 0 Å². The van der Waals surface area contributed by atoms with Crippen LogP contribution in [0, 0.1) is 0 Å². The van der Waals surface area contributed by atoms with Gasteiger partial charge in [0.2, 0.25) is 0 Å². The summed E-state index contributed by atoms with van der Waals surface area (Å²) in [6.45, 7) is 7.80. The molecule has 0 unspecified atom stereocenters. The highest BCUT2D eigenvalue weighted by molar-refractivity contribution is 6.76. The van der Waals surface area contributed by atoms with Crippen LogP contribution in [0.3, 0.4) is 0 Å². The SMILES string of the molecule is Cn1c(=O)n(COCC[Si](C)(C)C)c2cnc(/C=C/c3ccccc3)nc21. The van der Waals surface area contributed by atoms with Crippen LogP contribution in [0.25, 0.3) is 23.3 Å². The van der Waals surface area contributed by atoms with Crippen LogP contribution in [0.2, 0.25) is 25.7 Å². The van der Waals surface area contributed by atoms with Gasteiger partial charge >= 0.3 is 5.69 Å². The van der Waals surface area contributed by atoms with Gasteiger partial charge < -0.3 is 4.74 Å². The molecule has 7 heteroatoms. The number of ether oxygens (including phenoxy) is 1. The van der Waals surface area contributed by atoms with Crippen molar-refractivity contribution in [1.82, 2.24) is 19.1 Å². The van der Waals surface area contributed by atoms with Gasteiger partial charge in [0.1, 0.15) is 12.2 Å². The van der Waals surface area contributed by atoms with E-state index in [4.69, 9.17) is 4.74 Å². The predicted octanol–water partition coefficient (Wildman–Crippen LogP) is 3.61. The third kappa shape index (κ3) is 4.81. The van der Waals surface area contributed by atoms with Gasteiger partial charge in [-0.25, -0.2) is 14.8 Å². The molecule has 0 aliphatic rings. The van der Waals surface area contributed by atoms with Crippen molar-refractivity contribution in [3.63, 3.8) is 0 Å². The zero-order chi connectivity index (χ0) is 19.4. The van der Waals surface area contributed by atoms with Gasteiger partial charge in [0.25, 0.3) is 0 Å². The summed E-state index contributed by atoms with van der Waals surface area (Å²) in [5, 5.41) is 0. The van der Waals surface area contributed by atoms with Crippen LogP contribution in [-0.4, -0.2) is 33.8 Å². The molecule has 0 N–H and O–H groups in total. The number of nitrogens with zero attached hydrogens (tertiary/aromatic N) is 4. The van der Waals surface area contributed by atoms with E-state index >= 15 is 0 Å². The van der Waals surface area contributed by atoms with E-state index in [1.807, 2.05) is 42.5 Å². The van der Waals surface area contributed by atoms with Gasteiger partial charge in [0.05, 0.1) is 6.20 Å². The third-order valence-corrected chi connectivity index (χ3v) is 6.04. The number of aromatic nitrogens is 4. The van der Waals surface area contributed by atoms with Gasteiger partial charge in [-0.2, -0.15) is 0 Å². The van der Waals surface area contributed by atoms with Crippen molar-refractivity contribution in [2.24, 2.45) is 7.05 Å². The molecule has 0 saturated carbocycles. The Bertz CT molecular complexity index is 1000. The summed E-state index contributed by atoms with van der Waals surface area (Å²) in [4.78, 5) is 21.5. The highest BCUT2D eigenvalue weighted by Crippen LogP contribution is 2.12. The lowest BCUT2D eigenvalue weighted by atomic mass is 10.2. The van der Waals surface area contributed by atoms with Gasteiger partial charge in [-0.05, 0) is 17.7 Å². The summed E-state index contributed by atoms with van der Waals surface area (Å²) in [6, 6.07) is 11.0. The van der Waals surface area contributed by atoms with Crippen molar-refractivity contribution in [2.75, 3.05) is 6.61 Å². The minimum absolute atomic E-state index is 0.142. The molecular weight excluding hydrogens is 356 g/mol. The van der Waals surface area contributed by atoms with Crippen LogP contribution in [0.1, 0.15) is 11.4 Å². The Balaban J connectivity index is 1.80. The van der Waals surface area contributed by atoms with E-state index < -0.39 is 8.07 Å². The monoisotopic (exact) mass is 382 g/mol. The first-order chi connectivity index (χ1) is 12.8. The van der Waals surface area contributed by atoms with Crippen LogP contribution in [0.5, 0.6) is 0 Å². The summed E-state index contributed by atoms with van der Waals surface area (Å²) >= 11 is 0. The minimum Gasteiger partial charge on any atom is -0.361 e. The van der Waals surface area contributed by atoms with Gasteiger partial charge in [0.15, 0.2) is 11.5 Å². The number of rotatable bonds is 7. The van der Waals surface area contributed by atoms with Crippen LogP contribution < -0.4 is 5.69 Å². The fourth-order valence-corrected chi connectivity index (χ4v) is 3.42. The van der Waals surface area contributed by atoms with E-state index in [0.29, 0.717) is 23.6 Å². The molecule has 0 radical (unpaired) electrons. The fourth-order valence-electron chi connectivity index (χ4n) is 2.67. The predicted molar refractivity (Wildman–Crippen MR) is 112 cm³/mol. The fraction of sp³-hybridized carbons (Fsp3) is 0.350. The zero-order valence-electron chi connectivity index (χ0n) is 16.3. The number of aryl methyl sites for hydroxylation is 1.